The number of hydrogen-bond donors (Lipinski definition) is 3. The number of amides is 1. The Labute approximate surface area is 128 Å². The molecule has 0 bridgehead atoms. The van der Waals surface area contributed by atoms with E-state index in [4.69, 9.17) is 11.6 Å². The molecule has 0 aliphatic rings. The zero-order chi connectivity index (χ0) is 16.4. The largest absolute Gasteiger partial charge is 0.506 e. The molecule has 0 radical (unpaired) electrons. The zero-order valence-electron chi connectivity index (χ0n) is 11.2. The second kappa shape index (κ2) is 5.90. The lowest BCUT2D eigenvalue weighted by atomic mass is 10.1. The number of rotatable bonds is 3. The van der Waals surface area contributed by atoms with Gasteiger partial charge in [0.05, 0.1) is 0 Å². The number of Topliss-reactive ketones (excluding diaryl/α,β-unsaturated/α-hetero) is 1. The lowest BCUT2D eigenvalue weighted by Gasteiger charge is -2.09. The molecule has 2 aromatic rings. The molecular formula is C14H10ClNO6. The summed E-state index contributed by atoms with van der Waals surface area (Å²) < 4.78 is 4.40. The summed E-state index contributed by atoms with van der Waals surface area (Å²) in [5.41, 5.74) is -2.38. The maximum atomic E-state index is 12.1. The molecule has 1 amide bonds. The maximum Gasteiger partial charge on any atom is 0.353 e. The lowest BCUT2D eigenvalue weighted by Crippen LogP contribution is -2.18. The van der Waals surface area contributed by atoms with E-state index in [0.29, 0.717) is 5.02 Å². The Hall–Kier alpha value is -2.80. The highest BCUT2D eigenvalue weighted by atomic mass is 35.5. The third kappa shape index (κ3) is 2.94. The monoisotopic (exact) mass is 323 g/mol. The summed E-state index contributed by atoms with van der Waals surface area (Å²) in [4.78, 5) is 34.9. The van der Waals surface area contributed by atoms with Gasteiger partial charge in [0.25, 0.3) is 5.91 Å². The minimum Gasteiger partial charge on any atom is -0.506 e. The number of carbonyl (C=O) groups excluding carboxylic acids is 2. The summed E-state index contributed by atoms with van der Waals surface area (Å²) in [6.45, 7) is 1.02. The van der Waals surface area contributed by atoms with Gasteiger partial charge in [0.15, 0.2) is 17.1 Å². The lowest BCUT2D eigenvalue weighted by molar-refractivity contribution is 0.100. The Morgan fingerprint density at radius 1 is 1.23 bits per heavy atom. The first-order valence-electron chi connectivity index (χ1n) is 5.98. The smallest absolute Gasteiger partial charge is 0.353 e. The normalized spacial score (nSPS) is 10.3. The predicted molar refractivity (Wildman–Crippen MR) is 77.7 cm³/mol. The van der Waals surface area contributed by atoms with Gasteiger partial charge in [-0.3, -0.25) is 9.59 Å². The summed E-state index contributed by atoms with van der Waals surface area (Å²) in [6.07, 6.45) is 0. The summed E-state index contributed by atoms with van der Waals surface area (Å²) in [5, 5.41) is 22.2. The summed E-state index contributed by atoms with van der Waals surface area (Å²) in [6, 6.07) is 6.10. The van der Waals surface area contributed by atoms with Crippen LogP contribution in [-0.2, 0) is 0 Å². The molecule has 0 saturated carbocycles. The van der Waals surface area contributed by atoms with Crippen LogP contribution in [0, 0.1) is 0 Å². The number of hydrogen-bond acceptors (Lipinski definition) is 6. The van der Waals surface area contributed by atoms with Crippen LogP contribution in [0.2, 0.25) is 5.02 Å². The fraction of sp³-hybridized carbons (Fsp3) is 0.0714. The average Bonchev–Trinajstić information content (AvgIpc) is 2.37. The molecule has 3 N–H and O–H groups in total. The van der Waals surface area contributed by atoms with E-state index in [1.807, 2.05) is 0 Å². The van der Waals surface area contributed by atoms with Gasteiger partial charge in [0.1, 0.15) is 5.56 Å². The van der Waals surface area contributed by atoms with Crippen LogP contribution < -0.4 is 10.9 Å². The topological polar surface area (TPSA) is 117 Å². The van der Waals surface area contributed by atoms with Crippen molar-refractivity contribution in [3.8, 4) is 11.7 Å². The molecular weight excluding hydrogens is 314 g/mol. The zero-order valence-corrected chi connectivity index (χ0v) is 12.0. The first-order chi connectivity index (χ1) is 10.3. The molecule has 0 aliphatic heterocycles. The molecule has 0 unspecified atom stereocenters. The average molecular weight is 324 g/mol. The van der Waals surface area contributed by atoms with Crippen molar-refractivity contribution >= 4 is 29.0 Å². The van der Waals surface area contributed by atoms with Crippen LogP contribution in [0.5, 0.6) is 11.7 Å². The molecule has 2 rings (SSSR count). The van der Waals surface area contributed by atoms with Crippen molar-refractivity contribution in [2.45, 2.75) is 6.92 Å². The molecule has 0 atom stereocenters. The molecule has 8 heteroatoms. The fourth-order valence-corrected chi connectivity index (χ4v) is 1.98. The summed E-state index contributed by atoms with van der Waals surface area (Å²) >= 11 is 5.77. The van der Waals surface area contributed by atoms with Crippen molar-refractivity contribution in [1.29, 1.82) is 0 Å². The Bertz CT molecular complexity index is 827. The molecule has 0 aliphatic carbocycles. The van der Waals surface area contributed by atoms with E-state index >= 15 is 0 Å². The molecule has 1 aromatic carbocycles. The second-order valence-electron chi connectivity index (χ2n) is 4.31. The van der Waals surface area contributed by atoms with Gasteiger partial charge in [-0.15, -0.1) is 0 Å². The number of carbonyl (C=O) groups is 2. The molecule has 22 heavy (non-hydrogen) atoms. The van der Waals surface area contributed by atoms with Gasteiger partial charge in [-0.05, 0) is 25.1 Å². The quantitative estimate of drug-likeness (QED) is 0.745. The van der Waals surface area contributed by atoms with E-state index in [1.165, 1.54) is 12.1 Å². The second-order valence-corrected chi connectivity index (χ2v) is 4.75. The van der Waals surface area contributed by atoms with Crippen LogP contribution in [0.3, 0.4) is 0 Å². The number of nitrogens with one attached hydrogen (secondary N) is 1. The van der Waals surface area contributed by atoms with Gasteiger partial charge in [0.2, 0.25) is 0 Å². The molecule has 0 saturated heterocycles. The van der Waals surface area contributed by atoms with Crippen molar-refractivity contribution in [2.75, 3.05) is 5.32 Å². The molecule has 0 fully saturated rings. The summed E-state index contributed by atoms with van der Waals surface area (Å²) in [5.74, 6) is -3.81. The minimum absolute atomic E-state index is 0.284. The third-order valence-electron chi connectivity index (χ3n) is 2.74. The molecule has 1 aromatic heterocycles. The standard InChI is InChI=1S/C14H10ClNO6/c1-6(17)9-11(18)10(14(21)22-13(9)20)12(19)16-8-4-2-3-7(15)5-8/h2-5,18,21H,1H3,(H,16,19). The van der Waals surface area contributed by atoms with Crippen LogP contribution in [0.1, 0.15) is 27.6 Å². The molecule has 0 spiro atoms. The minimum atomic E-state index is -1.23. The van der Waals surface area contributed by atoms with Crippen LogP contribution in [-0.4, -0.2) is 21.9 Å². The third-order valence-corrected chi connectivity index (χ3v) is 2.98. The van der Waals surface area contributed by atoms with E-state index in [1.54, 1.807) is 12.1 Å². The molecule has 1 heterocycles. The Balaban J connectivity index is 2.48. The fourth-order valence-electron chi connectivity index (χ4n) is 1.79. The van der Waals surface area contributed by atoms with E-state index in [2.05, 4.69) is 9.73 Å². The van der Waals surface area contributed by atoms with Crippen LogP contribution in [0.4, 0.5) is 5.69 Å². The van der Waals surface area contributed by atoms with Gasteiger partial charge >= 0.3 is 11.6 Å². The van der Waals surface area contributed by atoms with E-state index in [0.717, 1.165) is 6.92 Å². The maximum absolute atomic E-state index is 12.1. The van der Waals surface area contributed by atoms with Crippen molar-refractivity contribution in [2.24, 2.45) is 0 Å². The Morgan fingerprint density at radius 2 is 1.91 bits per heavy atom. The van der Waals surface area contributed by atoms with Gasteiger partial charge < -0.3 is 19.9 Å². The first kappa shape index (κ1) is 15.6. The number of anilines is 1. The van der Waals surface area contributed by atoms with Gasteiger partial charge in [-0.25, -0.2) is 4.79 Å². The van der Waals surface area contributed by atoms with E-state index < -0.39 is 40.1 Å². The van der Waals surface area contributed by atoms with Crippen molar-refractivity contribution in [1.82, 2.24) is 0 Å². The van der Waals surface area contributed by atoms with Gasteiger partial charge in [0, 0.05) is 10.7 Å². The number of benzene rings is 1. The van der Waals surface area contributed by atoms with Crippen LogP contribution in [0.25, 0.3) is 0 Å². The van der Waals surface area contributed by atoms with Crippen LogP contribution in [0.15, 0.2) is 33.5 Å². The Kier molecular flexibility index (Phi) is 4.18. The van der Waals surface area contributed by atoms with E-state index in [-0.39, 0.29) is 5.69 Å². The predicted octanol–water partition coefficient (Wildman–Crippen LogP) is 2.16. The van der Waals surface area contributed by atoms with E-state index in [9.17, 15) is 24.6 Å². The number of halogens is 1. The molecule has 114 valence electrons. The van der Waals surface area contributed by atoms with Gasteiger partial charge in [-0.1, -0.05) is 17.7 Å². The highest BCUT2D eigenvalue weighted by molar-refractivity contribution is 6.31. The van der Waals surface area contributed by atoms with Crippen molar-refractivity contribution < 1.29 is 24.2 Å². The van der Waals surface area contributed by atoms with Crippen molar-refractivity contribution in [3.63, 3.8) is 0 Å². The van der Waals surface area contributed by atoms with Crippen LogP contribution >= 0.6 is 11.6 Å². The van der Waals surface area contributed by atoms with Crippen molar-refractivity contribution in [3.05, 3.63) is 50.8 Å². The number of aromatic hydroxyl groups is 2. The van der Waals surface area contributed by atoms with Gasteiger partial charge in [-0.2, -0.15) is 0 Å². The Morgan fingerprint density at radius 3 is 2.50 bits per heavy atom. The summed E-state index contributed by atoms with van der Waals surface area (Å²) in [7, 11) is 0. The highest BCUT2D eigenvalue weighted by Crippen LogP contribution is 2.29. The molecule has 7 nitrogen and oxygen atoms in total. The highest BCUT2D eigenvalue weighted by Gasteiger charge is 2.27. The number of ketones is 1. The first-order valence-corrected chi connectivity index (χ1v) is 6.36. The SMILES string of the molecule is CC(=O)c1c(O)c(C(=O)Nc2cccc(Cl)c2)c(O)oc1=O.